The summed E-state index contributed by atoms with van der Waals surface area (Å²) in [6, 6.07) is 24.4. The molecule has 70 heavy (non-hydrogen) atoms. The van der Waals surface area contributed by atoms with Crippen molar-refractivity contribution in [3.8, 4) is 6.07 Å². The van der Waals surface area contributed by atoms with Gasteiger partial charge >= 0.3 is 0 Å². The van der Waals surface area contributed by atoms with Gasteiger partial charge < -0.3 is 41.0 Å². The number of anilines is 2. The molecule has 0 aliphatic carbocycles. The van der Waals surface area contributed by atoms with Crippen LogP contribution in [0.25, 0.3) is 0 Å². The average molecular weight is 1010 g/mol. The predicted molar refractivity (Wildman–Crippen MR) is 278 cm³/mol. The average Bonchev–Trinajstić information content (AvgIpc) is 3.96. The van der Waals surface area contributed by atoms with Crippen LogP contribution in [0.5, 0.6) is 0 Å². The van der Waals surface area contributed by atoms with Gasteiger partial charge in [-0.3, -0.25) is 4.79 Å². The number of nitrogens with two attached hydrogens (primary N) is 1. The van der Waals surface area contributed by atoms with E-state index in [1.54, 1.807) is 61.9 Å². The predicted octanol–water partition coefficient (Wildman–Crippen LogP) is 7.08. The third-order valence-corrected chi connectivity index (χ3v) is 16.1. The summed E-state index contributed by atoms with van der Waals surface area (Å²) in [6.07, 6.45) is 5.79. The fraction of sp³-hybridized carbons (Fsp3) is 0.615. The lowest BCUT2D eigenvalue weighted by Gasteiger charge is -2.35. The van der Waals surface area contributed by atoms with Gasteiger partial charge in [0, 0.05) is 71.1 Å². The molecule has 0 saturated carbocycles. The van der Waals surface area contributed by atoms with Crippen molar-refractivity contribution >= 4 is 37.8 Å². The van der Waals surface area contributed by atoms with Gasteiger partial charge in [0.1, 0.15) is 0 Å². The zero-order valence-corrected chi connectivity index (χ0v) is 44.7. The Morgan fingerprint density at radius 1 is 0.843 bits per heavy atom. The van der Waals surface area contributed by atoms with Crippen molar-refractivity contribution < 1.29 is 40.9 Å². The van der Waals surface area contributed by atoms with Gasteiger partial charge in [-0.25, -0.2) is 16.8 Å². The number of carbonyl (C=O) groups is 1. The van der Waals surface area contributed by atoms with Gasteiger partial charge in [-0.1, -0.05) is 90.4 Å². The normalized spacial score (nSPS) is 17.9. The molecule has 5 atom stereocenters. The molecule has 0 bridgehead atoms. The first-order chi connectivity index (χ1) is 33.2. The highest BCUT2D eigenvalue weighted by Gasteiger charge is 2.42. The lowest BCUT2D eigenvalue weighted by Crippen LogP contribution is -2.50. The number of amides is 1. The van der Waals surface area contributed by atoms with Crippen molar-refractivity contribution in [1.82, 2.24) is 13.9 Å². The molecule has 2 unspecified atom stereocenters. The van der Waals surface area contributed by atoms with Crippen LogP contribution in [-0.2, 0) is 45.5 Å². The number of aliphatic hydroxyl groups is 1. The van der Waals surface area contributed by atoms with Crippen LogP contribution >= 0.6 is 0 Å². The van der Waals surface area contributed by atoms with E-state index in [-0.39, 0.29) is 41.7 Å². The lowest BCUT2D eigenvalue weighted by atomic mass is 9.87. The smallest absolute Gasteiger partial charge is 0.243 e. The van der Waals surface area contributed by atoms with E-state index in [0.717, 1.165) is 43.5 Å². The van der Waals surface area contributed by atoms with E-state index in [4.69, 9.17) is 25.2 Å². The molecule has 2 heterocycles. The molecule has 392 valence electrons. The van der Waals surface area contributed by atoms with E-state index >= 15 is 0 Å². The molecule has 2 aliphatic heterocycles. The maximum atomic E-state index is 13.7. The maximum absolute atomic E-state index is 13.7. The van der Waals surface area contributed by atoms with Crippen LogP contribution < -0.4 is 21.7 Å². The van der Waals surface area contributed by atoms with Crippen LogP contribution in [0.4, 0.5) is 11.4 Å². The monoisotopic (exact) mass is 1010 g/mol. The minimum absolute atomic E-state index is 0.0324. The number of rotatable bonds is 27. The number of nitriles is 1. The number of nitrogens with one attached hydrogen (secondary N) is 3. The fourth-order valence-electron chi connectivity index (χ4n) is 8.60. The van der Waals surface area contributed by atoms with Crippen LogP contribution in [0.3, 0.4) is 0 Å². The number of sulfonamides is 2. The summed E-state index contributed by atoms with van der Waals surface area (Å²) >= 11 is 0. The molecule has 2 aliphatic rings. The van der Waals surface area contributed by atoms with Crippen LogP contribution in [0.2, 0.25) is 0 Å². The molecule has 6 N–H and O–H groups in total. The highest BCUT2D eigenvalue weighted by molar-refractivity contribution is 7.89. The molecule has 18 heteroatoms. The number of carbonyl (C=O) groups excluding carboxylic acids is 1. The zero-order valence-electron chi connectivity index (χ0n) is 43.1. The highest BCUT2D eigenvalue weighted by Crippen LogP contribution is 2.33. The molecule has 1 amide bonds. The zero-order chi connectivity index (χ0) is 52.0. The number of methoxy groups -OCH3 is 1. The molecule has 0 spiro atoms. The van der Waals surface area contributed by atoms with Crippen molar-refractivity contribution in [2.45, 2.75) is 127 Å². The Bertz CT molecular complexity index is 2260. The standard InChI is InChI=1S/C26H36N4O4S.C19H35N3O2S.C7H12O3/c1-26(2,14-7-8-15-27)19-30(35(33,34)23-13-9-12-22(17-23)28-3)18-25(32)24(29-20-31)16-21-10-5-4-6-11-21;1-16(2)14-22(15-19(3,4)11-6-7-12-20)25(23,24)18-10-8-9-17(13-18)21-5;1-8-6-4-10-7-5(6)2-3-9-7/h4-6,9-13,17,20,24-25,28,32H,7-8,14,16,18-19H2,1-3H3,(H,29,31);8-10,13,16,21H,6-7,11-12,14-15,20H2,1-5H3;5-7H,2-4H2,1H3/t24-,25?;;5-,6?,7+/m0.0/s1. The fourth-order valence-corrected chi connectivity index (χ4v) is 12.1. The number of ether oxygens (including phenoxy) is 3. The van der Waals surface area contributed by atoms with Gasteiger partial charge in [-0.2, -0.15) is 13.9 Å². The summed E-state index contributed by atoms with van der Waals surface area (Å²) in [6.45, 7) is 15.5. The first kappa shape index (κ1) is 60.1. The Morgan fingerprint density at radius 3 is 1.90 bits per heavy atom. The quantitative estimate of drug-likeness (QED) is 0.0381. The molecule has 5 rings (SSSR count). The Morgan fingerprint density at radius 2 is 1.40 bits per heavy atom. The SMILES string of the molecule is CNc1cccc(S(=O)(=O)N(CC(C)C)CC(C)(C)CCCCN)c1.CNc1cccc(S(=O)(=O)N(CC(O)[C@H](Cc2ccccc2)NC=O)CC(C)(C)CCCC#N)c1.COC1CO[C@H]2OCC[C@@H]12. The number of nitrogens with zero attached hydrogens (tertiary/aromatic N) is 3. The molecule has 3 aromatic carbocycles. The van der Waals surface area contributed by atoms with Crippen molar-refractivity contribution in [2.75, 3.05) is 77.8 Å². The van der Waals surface area contributed by atoms with Gasteiger partial charge in [0.05, 0.1) is 47.3 Å². The Balaban J connectivity index is 0.000000318. The van der Waals surface area contributed by atoms with Gasteiger partial charge in [0.25, 0.3) is 0 Å². The second kappa shape index (κ2) is 29.4. The van der Waals surface area contributed by atoms with E-state index in [1.165, 1.54) is 10.4 Å². The summed E-state index contributed by atoms with van der Waals surface area (Å²) < 4.78 is 72.7. The number of hydrogen-bond acceptors (Lipinski definition) is 13. The topological polar surface area (TPSA) is 226 Å². The largest absolute Gasteiger partial charge is 0.390 e. The number of hydrogen-bond donors (Lipinski definition) is 5. The summed E-state index contributed by atoms with van der Waals surface area (Å²) in [5, 5.41) is 28.6. The first-order valence-corrected chi connectivity index (χ1v) is 27.4. The van der Waals surface area contributed by atoms with E-state index in [0.29, 0.717) is 74.8 Å². The van der Waals surface area contributed by atoms with Crippen molar-refractivity contribution in [1.29, 1.82) is 5.26 Å². The van der Waals surface area contributed by atoms with Crippen LogP contribution in [0.1, 0.15) is 92.1 Å². The van der Waals surface area contributed by atoms with Crippen LogP contribution in [0.15, 0.2) is 88.7 Å². The van der Waals surface area contributed by atoms with Crippen molar-refractivity contribution in [3.63, 3.8) is 0 Å². The van der Waals surface area contributed by atoms with Crippen molar-refractivity contribution in [2.24, 2.45) is 28.4 Å². The molecule has 16 nitrogen and oxygen atoms in total. The maximum Gasteiger partial charge on any atom is 0.243 e. The number of unbranched alkanes of at least 4 members (excludes halogenated alkanes) is 2. The first-order valence-electron chi connectivity index (χ1n) is 24.5. The molecule has 0 aromatic heterocycles. The minimum Gasteiger partial charge on any atom is -0.390 e. The Hall–Kier alpha value is -4.16. The van der Waals surface area contributed by atoms with Crippen LogP contribution in [-0.4, -0.2) is 129 Å². The number of benzene rings is 3. The van der Waals surface area contributed by atoms with Crippen LogP contribution in [0, 0.1) is 34.0 Å². The van der Waals surface area contributed by atoms with Gasteiger partial charge in [0.2, 0.25) is 26.5 Å². The molecule has 0 radical (unpaired) electrons. The third kappa shape index (κ3) is 19.5. The van der Waals surface area contributed by atoms with E-state index < -0.39 is 37.6 Å². The number of aliphatic hydroxyl groups excluding tert-OH is 1. The van der Waals surface area contributed by atoms with Gasteiger partial charge in [-0.05, 0) is 104 Å². The molecular formula is C52H83N7O9S2. The minimum atomic E-state index is -3.96. The number of fused-ring (bicyclic) bond motifs is 1. The Labute approximate surface area is 420 Å². The summed E-state index contributed by atoms with van der Waals surface area (Å²) in [7, 11) is -2.25. The molecular weight excluding hydrogens is 931 g/mol. The van der Waals surface area contributed by atoms with E-state index in [1.807, 2.05) is 64.1 Å². The Kier molecular flexibility index (Phi) is 25.2. The summed E-state index contributed by atoms with van der Waals surface area (Å²) in [5.41, 5.74) is 7.44. The lowest BCUT2D eigenvalue weighted by molar-refractivity contribution is -0.111. The molecule has 3 aromatic rings. The molecule has 2 fully saturated rings. The second-order valence-electron chi connectivity index (χ2n) is 20.1. The van der Waals surface area contributed by atoms with Crippen molar-refractivity contribution in [3.05, 3.63) is 84.4 Å². The highest BCUT2D eigenvalue weighted by atomic mass is 32.2. The third-order valence-electron chi connectivity index (χ3n) is 12.5. The summed E-state index contributed by atoms with van der Waals surface area (Å²) in [5.74, 6) is 0.757. The van der Waals surface area contributed by atoms with E-state index in [2.05, 4.69) is 35.9 Å². The second-order valence-corrected chi connectivity index (χ2v) is 24.0. The van der Waals surface area contributed by atoms with Gasteiger partial charge in [0.15, 0.2) is 6.29 Å². The summed E-state index contributed by atoms with van der Waals surface area (Å²) in [4.78, 5) is 11.7. The van der Waals surface area contributed by atoms with E-state index in [9.17, 15) is 26.7 Å². The van der Waals surface area contributed by atoms with Gasteiger partial charge in [-0.15, -0.1) is 0 Å². The molecule has 2 saturated heterocycles.